The first kappa shape index (κ1) is 15.8. The third kappa shape index (κ3) is 3.76. The van der Waals surface area contributed by atoms with Gasteiger partial charge in [-0.25, -0.2) is 0 Å². The first-order valence-electron chi connectivity index (χ1n) is 7.24. The number of alkyl halides is 1. The standard InChI is InChI=1S/C16H21ClN2O2/c1-11-4-5-14(8-12(11)2)19-10-13(9-15(19)20)16(21)18-7-3-6-17/h4-5,8,13H,3,6-7,9-10H2,1-2H3,(H,18,21)/t13-/m1/s1. The molecule has 1 aromatic carbocycles. The molecule has 0 radical (unpaired) electrons. The molecule has 0 saturated carbocycles. The molecule has 0 aliphatic carbocycles. The smallest absolute Gasteiger partial charge is 0.227 e. The molecule has 1 aromatic rings. The lowest BCUT2D eigenvalue weighted by Crippen LogP contribution is -2.33. The summed E-state index contributed by atoms with van der Waals surface area (Å²) in [6, 6.07) is 5.95. The maximum absolute atomic E-state index is 12.1. The van der Waals surface area contributed by atoms with Crippen LogP contribution in [0.25, 0.3) is 0 Å². The molecule has 0 spiro atoms. The molecular formula is C16H21ClN2O2. The highest BCUT2D eigenvalue weighted by molar-refractivity contribution is 6.17. The number of rotatable bonds is 5. The van der Waals surface area contributed by atoms with Crippen LogP contribution in [0.4, 0.5) is 5.69 Å². The summed E-state index contributed by atoms with van der Waals surface area (Å²) < 4.78 is 0. The average Bonchev–Trinajstić information content (AvgIpc) is 2.84. The Morgan fingerprint density at radius 3 is 2.81 bits per heavy atom. The van der Waals surface area contributed by atoms with Gasteiger partial charge in [0.2, 0.25) is 11.8 Å². The molecule has 0 bridgehead atoms. The van der Waals surface area contributed by atoms with E-state index in [1.54, 1.807) is 4.90 Å². The summed E-state index contributed by atoms with van der Waals surface area (Å²) in [5.74, 6) is 0.212. The van der Waals surface area contributed by atoms with Crippen molar-refractivity contribution in [3.63, 3.8) is 0 Å². The van der Waals surface area contributed by atoms with Crippen LogP contribution in [0.2, 0.25) is 0 Å². The van der Waals surface area contributed by atoms with Crippen molar-refractivity contribution in [1.82, 2.24) is 5.32 Å². The van der Waals surface area contributed by atoms with Gasteiger partial charge in [0.05, 0.1) is 5.92 Å². The highest BCUT2D eigenvalue weighted by Gasteiger charge is 2.34. The SMILES string of the molecule is Cc1ccc(N2C[C@H](C(=O)NCCCCl)CC2=O)cc1C. The maximum Gasteiger partial charge on any atom is 0.227 e. The first-order valence-corrected chi connectivity index (χ1v) is 7.77. The van der Waals surface area contributed by atoms with E-state index < -0.39 is 0 Å². The minimum absolute atomic E-state index is 0.00995. The highest BCUT2D eigenvalue weighted by atomic mass is 35.5. The molecule has 21 heavy (non-hydrogen) atoms. The van der Waals surface area contributed by atoms with Crippen LogP contribution < -0.4 is 10.2 Å². The number of nitrogens with zero attached hydrogens (tertiary/aromatic N) is 1. The van der Waals surface area contributed by atoms with Crippen LogP contribution in [-0.4, -0.2) is 30.8 Å². The summed E-state index contributed by atoms with van der Waals surface area (Å²) in [5.41, 5.74) is 3.22. The molecule has 1 N–H and O–H groups in total. The summed E-state index contributed by atoms with van der Waals surface area (Å²) in [4.78, 5) is 25.9. The Morgan fingerprint density at radius 2 is 2.14 bits per heavy atom. The van der Waals surface area contributed by atoms with Crippen LogP contribution in [0.5, 0.6) is 0 Å². The van der Waals surface area contributed by atoms with E-state index >= 15 is 0 Å². The molecule has 1 atom stereocenters. The molecule has 1 aliphatic rings. The monoisotopic (exact) mass is 308 g/mol. The van der Waals surface area contributed by atoms with Crippen molar-refractivity contribution in [3.8, 4) is 0 Å². The van der Waals surface area contributed by atoms with Gasteiger partial charge in [-0.15, -0.1) is 11.6 Å². The van der Waals surface area contributed by atoms with Gasteiger partial charge in [-0.2, -0.15) is 0 Å². The van der Waals surface area contributed by atoms with Gasteiger partial charge in [0.25, 0.3) is 0 Å². The number of amides is 2. The zero-order chi connectivity index (χ0) is 15.4. The zero-order valence-corrected chi connectivity index (χ0v) is 13.2. The molecule has 4 nitrogen and oxygen atoms in total. The van der Waals surface area contributed by atoms with Crippen molar-refractivity contribution >= 4 is 29.1 Å². The zero-order valence-electron chi connectivity index (χ0n) is 12.5. The van der Waals surface area contributed by atoms with Crippen LogP contribution in [0.3, 0.4) is 0 Å². The topological polar surface area (TPSA) is 49.4 Å². The predicted octanol–water partition coefficient (Wildman–Crippen LogP) is 2.40. The lowest BCUT2D eigenvalue weighted by Gasteiger charge is -2.18. The predicted molar refractivity (Wildman–Crippen MR) is 84.7 cm³/mol. The van der Waals surface area contributed by atoms with E-state index in [1.165, 1.54) is 5.56 Å². The fourth-order valence-electron chi connectivity index (χ4n) is 2.45. The second-order valence-electron chi connectivity index (χ2n) is 5.51. The van der Waals surface area contributed by atoms with Crippen LogP contribution in [-0.2, 0) is 9.59 Å². The number of hydrogen-bond acceptors (Lipinski definition) is 2. The third-order valence-electron chi connectivity index (χ3n) is 3.91. The van der Waals surface area contributed by atoms with Gasteiger partial charge in [0.1, 0.15) is 0 Å². The summed E-state index contributed by atoms with van der Waals surface area (Å²) in [6.45, 7) is 5.08. The Labute approximate surface area is 130 Å². The molecule has 1 aliphatic heterocycles. The number of benzene rings is 1. The minimum atomic E-state index is -0.269. The van der Waals surface area contributed by atoms with Gasteiger partial charge >= 0.3 is 0 Å². The fourth-order valence-corrected chi connectivity index (χ4v) is 2.58. The third-order valence-corrected chi connectivity index (χ3v) is 4.17. The van der Waals surface area contributed by atoms with E-state index in [1.807, 2.05) is 32.0 Å². The maximum atomic E-state index is 12.1. The van der Waals surface area contributed by atoms with Gasteiger partial charge in [0.15, 0.2) is 0 Å². The second-order valence-corrected chi connectivity index (χ2v) is 5.89. The first-order chi connectivity index (χ1) is 10.0. The number of nitrogens with one attached hydrogen (secondary N) is 1. The van der Waals surface area contributed by atoms with Gasteiger partial charge in [-0.3, -0.25) is 9.59 Å². The lowest BCUT2D eigenvalue weighted by atomic mass is 10.1. The average molecular weight is 309 g/mol. The number of anilines is 1. The summed E-state index contributed by atoms with van der Waals surface area (Å²) in [6.07, 6.45) is 1.02. The molecule has 5 heteroatoms. The van der Waals surface area contributed by atoms with E-state index in [4.69, 9.17) is 11.6 Å². The normalized spacial score (nSPS) is 18.1. The summed E-state index contributed by atoms with van der Waals surface area (Å²) in [5, 5.41) is 2.84. The highest BCUT2D eigenvalue weighted by Crippen LogP contribution is 2.26. The molecule has 2 amide bonds. The molecule has 1 heterocycles. The molecule has 0 aromatic heterocycles. The molecular weight excluding hydrogens is 288 g/mol. The van der Waals surface area contributed by atoms with Crippen LogP contribution >= 0.6 is 11.6 Å². The Kier molecular flexibility index (Phi) is 5.23. The van der Waals surface area contributed by atoms with Crippen molar-refractivity contribution in [1.29, 1.82) is 0 Å². The lowest BCUT2D eigenvalue weighted by molar-refractivity contribution is -0.126. The number of aryl methyl sites for hydroxylation is 2. The number of halogens is 1. The number of hydrogen-bond donors (Lipinski definition) is 1. The Morgan fingerprint density at radius 1 is 1.38 bits per heavy atom. The van der Waals surface area contributed by atoms with Crippen molar-refractivity contribution < 1.29 is 9.59 Å². The molecule has 1 saturated heterocycles. The van der Waals surface area contributed by atoms with Gasteiger partial charge < -0.3 is 10.2 Å². The van der Waals surface area contributed by atoms with E-state index in [0.29, 0.717) is 19.0 Å². The van der Waals surface area contributed by atoms with E-state index in [-0.39, 0.29) is 24.2 Å². The summed E-state index contributed by atoms with van der Waals surface area (Å²) in [7, 11) is 0. The Balaban J connectivity index is 2.02. The van der Waals surface area contributed by atoms with Gasteiger partial charge in [0, 0.05) is 31.1 Å². The van der Waals surface area contributed by atoms with Gasteiger partial charge in [-0.1, -0.05) is 6.07 Å². The number of carbonyl (C=O) groups excluding carboxylic acids is 2. The minimum Gasteiger partial charge on any atom is -0.356 e. The van der Waals surface area contributed by atoms with E-state index in [0.717, 1.165) is 17.7 Å². The Bertz CT molecular complexity index is 545. The second kappa shape index (κ2) is 6.94. The largest absolute Gasteiger partial charge is 0.356 e. The molecule has 1 fully saturated rings. The van der Waals surface area contributed by atoms with E-state index in [2.05, 4.69) is 5.32 Å². The number of carbonyl (C=O) groups is 2. The van der Waals surface area contributed by atoms with Gasteiger partial charge in [-0.05, 0) is 43.5 Å². The molecule has 2 rings (SSSR count). The fraction of sp³-hybridized carbons (Fsp3) is 0.500. The molecule has 114 valence electrons. The van der Waals surface area contributed by atoms with Crippen molar-refractivity contribution in [2.45, 2.75) is 26.7 Å². The van der Waals surface area contributed by atoms with Crippen LogP contribution in [0, 0.1) is 19.8 Å². The van der Waals surface area contributed by atoms with Crippen LogP contribution in [0.15, 0.2) is 18.2 Å². The molecule has 0 unspecified atom stereocenters. The van der Waals surface area contributed by atoms with Crippen molar-refractivity contribution in [3.05, 3.63) is 29.3 Å². The van der Waals surface area contributed by atoms with Crippen molar-refractivity contribution in [2.75, 3.05) is 23.9 Å². The van der Waals surface area contributed by atoms with E-state index in [9.17, 15) is 9.59 Å². The Hall–Kier alpha value is -1.55. The van der Waals surface area contributed by atoms with Crippen LogP contribution in [0.1, 0.15) is 24.0 Å². The summed E-state index contributed by atoms with van der Waals surface area (Å²) >= 11 is 5.58. The quantitative estimate of drug-likeness (QED) is 0.671. The van der Waals surface area contributed by atoms with Crippen molar-refractivity contribution in [2.24, 2.45) is 5.92 Å².